The summed E-state index contributed by atoms with van der Waals surface area (Å²) in [6, 6.07) is 12.0. The Morgan fingerprint density at radius 2 is 1.57 bits per heavy atom. The first-order chi connectivity index (χ1) is 13.7. The smallest absolute Gasteiger partial charge is 0.254 e. The van der Waals surface area contributed by atoms with Crippen molar-refractivity contribution in [2.75, 3.05) is 39.5 Å². The molecule has 1 aliphatic rings. The van der Waals surface area contributed by atoms with Gasteiger partial charge in [-0.05, 0) is 38.1 Å². The maximum absolute atomic E-state index is 13.2. The molecule has 2 aromatic rings. The molecule has 0 bridgehead atoms. The van der Waals surface area contributed by atoms with Crippen LogP contribution < -0.4 is 9.47 Å². The van der Waals surface area contributed by atoms with Gasteiger partial charge < -0.3 is 19.1 Å². The van der Waals surface area contributed by atoms with Crippen LogP contribution in [-0.2, 0) is 4.74 Å². The molecule has 0 unspecified atom stereocenters. The van der Waals surface area contributed by atoms with E-state index in [1.54, 1.807) is 47.4 Å². The molecule has 1 heterocycles. The molecule has 0 aromatic heterocycles. The molecule has 28 heavy (non-hydrogen) atoms. The summed E-state index contributed by atoms with van der Waals surface area (Å²) < 4.78 is 16.5. The Kier molecular flexibility index (Phi) is 6.66. The van der Waals surface area contributed by atoms with Gasteiger partial charge in [-0.15, -0.1) is 0 Å². The largest absolute Gasteiger partial charge is 0.490 e. The zero-order valence-electron chi connectivity index (χ0n) is 16.3. The molecule has 1 amide bonds. The van der Waals surface area contributed by atoms with Crippen molar-refractivity contribution in [1.82, 2.24) is 4.90 Å². The summed E-state index contributed by atoms with van der Waals surface area (Å²) in [4.78, 5) is 27.8. The third-order valence-electron chi connectivity index (χ3n) is 4.51. The van der Waals surface area contributed by atoms with Crippen LogP contribution in [0.25, 0.3) is 0 Å². The SMILES string of the molecule is CCOc1ccc(C(=O)c2ccccc2C(=O)N2CCOCC2)cc1OCC. The van der Waals surface area contributed by atoms with Gasteiger partial charge in [0.05, 0.1) is 32.0 Å². The molecule has 2 aromatic carbocycles. The average molecular weight is 383 g/mol. The first-order valence-electron chi connectivity index (χ1n) is 9.56. The lowest BCUT2D eigenvalue weighted by Crippen LogP contribution is -2.41. The minimum absolute atomic E-state index is 0.150. The minimum Gasteiger partial charge on any atom is -0.490 e. The van der Waals surface area contributed by atoms with Crippen LogP contribution in [0, 0.1) is 0 Å². The molecule has 0 N–H and O–H groups in total. The van der Waals surface area contributed by atoms with Gasteiger partial charge in [-0.1, -0.05) is 18.2 Å². The first-order valence-corrected chi connectivity index (χ1v) is 9.56. The van der Waals surface area contributed by atoms with E-state index >= 15 is 0 Å². The monoisotopic (exact) mass is 383 g/mol. The molecule has 1 saturated heterocycles. The standard InChI is InChI=1S/C22H25NO5/c1-3-27-19-10-9-16(15-20(19)28-4-2)21(24)17-7-5-6-8-18(17)22(25)23-11-13-26-14-12-23/h5-10,15H,3-4,11-14H2,1-2H3. The van der Waals surface area contributed by atoms with Gasteiger partial charge in [0, 0.05) is 24.2 Å². The molecule has 1 aliphatic heterocycles. The molecule has 1 fully saturated rings. The predicted octanol–water partition coefficient (Wildman–Crippen LogP) is 3.19. The number of carbonyl (C=O) groups is 2. The fourth-order valence-electron chi connectivity index (χ4n) is 3.15. The number of hydrogen-bond donors (Lipinski definition) is 0. The van der Waals surface area contributed by atoms with Gasteiger partial charge >= 0.3 is 0 Å². The summed E-state index contributed by atoms with van der Waals surface area (Å²) in [5.74, 6) is 0.746. The van der Waals surface area contributed by atoms with E-state index in [1.165, 1.54) is 0 Å². The van der Waals surface area contributed by atoms with E-state index in [0.717, 1.165) is 0 Å². The van der Waals surface area contributed by atoms with Crippen molar-refractivity contribution >= 4 is 11.7 Å². The van der Waals surface area contributed by atoms with Crippen molar-refractivity contribution in [1.29, 1.82) is 0 Å². The molecule has 3 rings (SSSR count). The Labute approximate surface area is 165 Å². The van der Waals surface area contributed by atoms with Crippen LogP contribution in [0.1, 0.15) is 40.1 Å². The highest BCUT2D eigenvalue weighted by Gasteiger charge is 2.24. The molecule has 0 radical (unpaired) electrons. The zero-order chi connectivity index (χ0) is 19.9. The Bertz CT molecular complexity index is 843. The lowest BCUT2D eigenvalue weighted by Gasteiger charge is -2.27. The number of hydrogen-bond acceptors (Lipinski definition) is 5. The Morgan fingerprint density at radius 3 is 2.25 bits per heavy atom. The van der Waals surface area contributed by atoms with E-state index in [2.05, 4.69) is 0 Å². The number of nitrogens with zero attached hydrogens (tertiary/aromatic N) is 1. The molecule has 0 saturated carbocycles. The number of carbonyl (C=O) groups excluding carboxylic acids is 2. The normalized spacial score (nSPS) is 13.9. The number of benzene rings is 2. The fraction of sp³-hybridized carbons (Fsp3) is 0.364. The third-order valence-corrected chi connectivity index (χ3v) is 4.51. The maximum atomic E-state index is 13.2. The van der Waals surface area contributed by atoms with Crippen LogP contribution in [0.5, 0.6) is 11.5 Å². The predicted molar refractivity (Wildman–Crippen MR) is 105 cm³/mol. The molecular formula is C22H25NO5. The van der Waals surface area contributed by atoms with Gasteiger partial charge in [-0.2, -0.15) is 0 Å². The van der Waals surface area contributed by atoms with Gasteiger partial charge in [-0.3, -0.25) is 9.59 Å². The van der Waals surface area contributed by atoms with Gasteiger partial charge in [0.1, 0.15) is 0 Å². The summed E-state index contributed by atoms with van der Waals surface area (Å²) in [7, 11) is 0. The van der Waals surface area contributed by atoms with Gasteiger partial charge in [0.2, 0.25) is 0 Å². The van der Waals surface area contributed by atoms with Crippen LogP contribution in [-0.4, -0.2) is 56.1 Å². The number of ether oxygens (including phenoxy) is 3. The average Bonchev–Trinajstić information content (AvgIpc) is 2.75. The number of morpholine rings is 1. The zero-order valence-corrected chi connectivity index (χ0v) is 16.3. The van der Waals surface area contributed by atoms with E-state index in [0.29, 0.717) is 67.7 Å². The fourth-order valence-corrected chi connectivity index (χ4v) is 3.15. The number of ketones is 1. The second-order valence-electron chi connectivity index (χ2n) is 6.31. The van der Waals surface area contributed by atoms with Crippen LogP contribution in [0.4, 0.5) is 0 Å². The molecule has 0 aliphatic carbocycles. The second-order valence-corrected chi connectivity index (χ2v) is 6.31. The molecule has 0 atom stereocenters. The lowest BCUT2D eigenvalue weighted by molar-refractivity contribution is 0.0302. The summed E-state index contributed by atoms with van der Waals surface area (Å²) in [6.45, 7) is 6.81. The van der Waals surface area contributed by atoms with Crippen molar-refractivity contribution in [2.45, 2.75) is 13.8 Å². The molecule has 0 spiro atoms. The van der Waals surface area contributed by atoms with Crippen LogP contribution in [0.3, 0.4) is 0 Å². The van der Waals surface area contributed by atoms with Crippen LogP contribution in [0.15, 0.2) is 42.5 Å². The second kappa shape index (κ2) is 9.37. The van der Waals surface area contributed by atoms with E-state index < -0.39 is 0 Å². The number of rotatable bonds is 7. The molecule has 6 nitrogen and oxygen atoms in total. The molecule has 6 heteroatoms. The quantitative estimate of drug-likeness (QED) is 0.687. The molecule has 148 valence electrons. The Morgan fingerprint density at radius 1 is 0.929 bits per heavy atom. The first kappa shape index (κ1) is 19.9. The van der Waals surface area contributed by atoms with Crippen molar-refractivity contribution in [2.24, 2.45) is 0 Å². The minimum atomic E-state index is -0.221. The lowest BCUT2D eigenvalue weighted by atomic mass is 9.97. The summed E-state index contributed by atoms with van der Waals surface area (Å²) >= 11 is 0. The number of amides is 1. The Hall–Kier alpha value is -2.86. The van der Waals surface area contributed by atoms with Crippen molar-refractivity contribution in [3.8, 4) is 11.5 Å². The third kappa shape index (κ3) is 4.34. The summed E-state index contributed by atoms with van der Waals surface area (Å²) in [5.41, 5.74) is 1.24. The molecular weight excluding hydrogens is 358 g/mol. The maximum Gasteiger partial charge on any atom is 0.254 e. The van der Waals surface area contributed by atoms with E-state index in [4.69, 9.17) is 14.2 Å². The van der Waals surface area contributed by atoms with Gasteiger partial charge in [0.15, 0.2) is 17.3 Å². The van der Waals surface area contributed by atoms with Gasteiger partial charge in [-0.25, -0.2) is 0 Å². The van der Waals surface area contributed by atoms with Crippen LogP contribution >= 0.6 is 0 Å². The van der Waals surface area contributed by atoms with E-state index in [-0.39, 0.29) is 11.7 Å². The topological polar surface area (TPSA) is 65.1 Å². The summed E-state index contributed by atoms with van der Waals surface area (Å²) in [5, 5.41) is 0. The Balaban J connectivity index is 1.92. The van der Waals surface area contributed by atoms with E-state index in [9.17, 15) is 9.59 Å². The van der Waals surface area contributed by atoms with E-state index in [1.807, 2.05) is 13.8 Å². The highest BCUT2D eigenvalue weighted by Crippen LogP contribution is 2.30. The van der Waals surface area contributed by atoms with Gasteiger partial charge in [0.25, 0.3) is 5.91 Å². The van der Waals surface area contributed by atoms with Crippen molar-refractivity contribution < 1.29 is 23.8 Å². The van der Waals surface area contributed by atoms with Crippen molar-refractivity contribution in [3.05, 3.63) is 59.2 Å². The highest BCUT2D eigenvalue weighted by atomic mass is 16.5. The van der Waals surface area contributed by atoms with Crippen molar-refractivity contribution in [3.63, 3.8) is 0 Å². The van der Waals surface area contributed by atoms with Crippen LogP contribution in [0.2, 0.25) is 0 Å². The highest BCUT2D eigenvalue weighted by molar-refractivity contribution is 6.15. The summed E-state index contributed by atoms with van der Waals surface area (Å²) in [6.07, 6.45) is 0.